The molecule has 16 heavy (non-hydrogen) atoms. The zero-order valence-electron chi connectivity index (χ0n) is 10.2. The molecule has 1 N–H and O–H groups in total. The number of carbonyl (C=O) groups excluding carboxylic acids is 1. The number of hydrogen-bond donors (Lipinski definition) is 1. The average molecular weight is 248 g/mol. The maximum absolute atomic E-state index is 11.7. The molecule has 1 saturated heterocycles. The van der Waals surface area contributed by atoms with E-state index in [0.29, 0.717) is 18.5 Å². The highest BCUT2D eigenvalue weighted by atomic mass is 35.5. The third kappa shape index (κ3) is 4.30. The van der Waals surface area contributed by atoms with Gasteiger partial charge < -0.3 is 10.1 Å². The van der Waals surface area contributed by atoms with Crippen LogP contribution in [-0.4, -0.2) is 31.0 Å². The van der Waals surface area contributed by atoms with E-state index in [-0.39, 0.29) is 5.91 Å². The van der Waals surface area contributed by atoms with Crippen LogP contribution in [0.4, 0.5) is 0 Å². The van der Waals surface area contributed by atoms with Crippen LogP contribution in [-0.2, 0) is 9.53 Å². The summed E-state index contributed by atoms with van der Waals surface area (Å²) < 4.78 is 5.59. The summed E-state index contributed by atoms with van der Waals surface area (Å²) in [5, 5.41) is 2.92. The second-order valence-corrected chi connectivity index (χ2v) is 5.32. The van der Waals surface area contributed by atoms with Gasteiger partial charge in [0.25, 0.3) is 0 Å². The predicted octanol–water partition coefficient (Wildman–Crippen LogP) is 2.33. The van der Waals surface area contributed by atoms with Crippen LogP contribution in [0.5, 0.6) is 0 Å². The first-order valence-corrected chi connectivity index (χ1v) is 6.55. The first-order chi connectivity index (χ1) is 7.56. The molecule has 1 rings (SSSR count). The van der Waals surface area contributed by atoms with Crippen LogP contribution in [0, 0.1) is 5.41 Å². The molecule has 0 aromatic heterocycles. The fourth-order valence-electron chi connectivity index (χ4n) is 1.68. The molecule has 94 valence electrons. The van der Waals surface area contributed by atoms with Crippen molar-refractivity contribution in [2.45, 2.75) is 45.6 Å². The molecule has 0 aromatic carbocycles. The summed E-state index contributed by atoms with van der Waals surface area (Å²) in [6.07, 6.45) is 4.76. The molecular weight excluding hydrogens is 226 g/mol. The highest BCUT2D eigenvalue weighted by molar-refractivity contribution is 6.19. The number of carbonyl (C=O) groups is 1. The van der Waals surface area contributed by atoms with Crippen LogP contribution in [0.2, 0.25) is 0 Å². The summed E-state index contributed by atoms with van der Waals surface area (Å²) in [6, 6.07) is 0. The van der Waals surface area contributed by atoms with Crippen LogP contribution >= 0.6 is 11.6 Å². The lowest BCUT2D eigenvalue weighted by Crippen LogP contribution is -2.39. The Bertz CT molecular complexity index is 225. The van der Waals surface area contributed by atoms with E-state index in [9.17, 15) is 4.79 Å². The predicted molar refractivity (Wildman–Crippen MR) is 65.7 cm³/mol. The van der Waals surface area contributed by atoms with Crippen LogP contribution in [0.1, 0.15) is 39.5 Å². The van der Waals surface area contributed by atoms with Crippen molar-refractivity contribution in [2.75, 3.05) is 19.0 Å². The number of amides is 1. The minimum Gasteiger partial charge on any atom is -0.378 e. The number of hydrogen-bond acceptors (Lipinski definition) is 2. The molecule has 1 aliphatic rings. The molecule has 0 aromatic rings. The molecule has 1 atom stereocenters. The Balaban J connectivity index is 2.17. The van der Waals surface area contributed by atoms with Gasteiger partial charge in [-0.25, -0.2) is 0 Å². The summed E-state index contributed by atoms with van der Waals surface area (Å²) in [4.78, 5) is 11.7. The van der Waals surface area contributed by atoms with Gasteiger partial charge in [0.05, 0.1) is 11.5 Å². The molecule has 1 amide bonds. The van der Waals surface area contributed by atoms with Crippen molar-refractivity contribution in [3.05, 3.63) is 0 Å². The summed E-state index contributed by atoms with van der Waals surface area (Å²) in [7, 11) is 0. The van der Waals surface area contributed by atoms with Gasteiger partial charge in [0.1, 0.15) is 0 Å². The number of ether oxygens (including phenoxy) is 1. The standard InChI is InChI=1S/C12H22ClNO2/c1-12(2,9-13)11(15)14-7-6-10-5-3-4-8-16-10/h10H,3-9H2,1-2H3,(H,14,15). The van der Waals surface area contributed by atoms with Crippen molar-refractivity contribution in [1.29, 1.82) is 0 Å². The van der Waals surface area contributed by atoms with Crippen molar-refractivity contribution in [1.82, 2.24) is 5.32 Å². The van der Waals surface area contributed by atoms with Gasteiger partial charge >= 0.3 is 0 Å². The summed E-state index contributed by atoms with van der Waals surface area (Å²) >= 11 is 5.73. The van der Waals surface area contributed by atoms with E-state index in [2.05, 4.69) is 5.32 Å². The van der Waals surface area contributed by atoms with Crippen molar-refractivity contribution in [3.63, 3.8) is 0 Å². The molecule has 1 fully saturated rings. The van der Waals surface area contributed by atoms with Gasteiger partial charge in [0, 0.05) is 19.0 Å². The number of halogens is 1. The summed E-state index contributed by atoms with van der Waals surface area (Å²) in [5.74, 6) is 0.372. The van der Waals surface area contributed by atoms with Gasteiger partial charge in [-0.3, -0.25) is 4.79 Å². The normalized spacial score (nSPS) is 21.8. The smallest absolute Gasteiger partial charge is 0.226 e. The first kappa shape index (κ1) is 13.8. The Labute approximate surface area is 103 Å². The fraction of sp³-hybridized carbons (Fsp3) is 0.917. The van der Waals surface area contributed by atoms with Gasteiger partial charge in [-0.05, 0) is 39.5 Å². The quantitative estimate of drug-likeness (QED) is 0.758. The average Bonchev–Trinajstić information content (AvgIpc) is 2.30. The van der Waals surface area contributed by atoms with Gasteiger partial charge in [0.2, 0.25) is 5.91 Å². The number of alkyl halides is 1. The van der Waals surface area contributed by atoms with Crippen LogP contribution in [0.15, 0.2) is 0 Å². The van der Waals surface area contributed by atoms with E-state index < -0.39 is 5.41 Å². The maximum Gasteiger partial charge on any atom is 0.226 e. The molecule has 0 saturated carbocycles. The Morgan fingerprint density at radius 1 is 1.50 bits per heavy atom. The van der Waals surface area contributed by atoms with E-state index in [1.165, 1.54) is 12.8 Å². The summed E-state index contributed by atoms with van der Waals surface area (Å²) in [6.45, 7) is 5.26. The topological polar surface area (TPSA) is 38.3 Å². The van der Waals surface area contributed by atoms with E-state index in [4.69, 9.17) is 16.3 Å². The van der Waals surface area contributed by atoms with E-state index >= 15 is 0 Å². The fourth-order valence-corrected chi connectivity index (χ4v) is 1.80. The Hall–Kier alpha value is -0.280. The van der Waals surface area contributed by atoms with E-state index in [1.807, 2.05) is 13.8 Å². The highest BCUT2D eigenvalue weighted by Crippen LogP contribution is 2.18. The van der Waals surface area contributed by atoms with E-state index in [0.717, 1.165) is 19.4 Å². The lowest BCUT2D eigenvalue weighted by molar-refractivity contribution is -0.128. The van der Waals surface area contributed by atoms with Gasteiger partial charge in [0.15, 0.2) is 0 Å². The molecule has 3 nitrogen and oxygen atoms in total. The second-order valence-electron chi connectivity index (χ2n) is 5.05. The van der Waals surface area contributed by atoms with Crippen molar-refractivity contribution < 1.29 is 9.53 Å². The van der Waals surface area contributed by atoms with Crippen molar-refractivity contribution >= 4 is 17.5 Å². The molecule has 1 aliphatic heterocycles. The first-order valence-electron chi connectivity index (χ1n) is 6.02. The van der Waals surface area contributed by atoms with Crippen LogP contribution < -0.4 is 5.32 Å². The van der Waals surface area contributed by atoms with Gasteiger partial charge in [-0.1, -0.05) is 0 Å². The third-order valence-corrected chi connectivity index (χ3v) is 3.64. The monoisotopic (exact) mass is 247 g/mol. The molecule has 0 bridgehead atoms. The Morgan fingerprint density at radius 2 is 2.25 bits per heavy atom. The minimum absolute atomic E-state index is 0.0262. The maximum atomic E-state index is 11.7. The third-order valence-electron chi connectivity index (χ3n) is 2.97. The van der Waals surface area contributed by atoms with Crippen molar-refractivity contribution in [3.8, 4) is 0 Å². The number of rotatable bonds is 5. The second kappa shape index (κ2) is 6.45. The zero-order chi connectivity index (χ0) is 12.0. The van der Waals surface area contributed by atoms with Crippen LogP contribution in [0.3, 0.4) is 0 Å². The lowest BCUT2D eigenvalue weighted by Gasteiger charge is -2.24. The molecule has 1 heterocycles. The van der Waals surface area contributed by atoms with E-state index in [1.54, 1.807) is 0 Å². The molecule has 0 radical (unpaired) electrons. The van der Waals surface area contributed by atoms with Gasteiger partial charge in [-0.2, -0.15) is 0 Å². The molecule has 0 aliphatic carbocycles. The van der Waals surface area contributed by atoms with Crippen molar-refractivity contribution in [2.24, 2.45) is 5.41 Å². The van der Waals surface area contributed by atoms with Gasteiger partial charge in [-0.15, -0.1) is 11.6 Å². The highest BCUT2D eigenvalue weighted by Gasteiger charge is 2.26. The lowest BCUT2D eigenvalue weighted by atomic mass is 9.95. The molecule has 0 spiro atoms. The zero-order valence-corrected chi connectivity index (χ0v) is 11.0. The SMILES string of the molecule is CC(C)(CCl)C(=O)NCCC1CCCCO1. The molecule has 1 unspecified atom stereocenters. The number of nitrogens with one attached hydrogen (secondary N) is 1. The van der Waals surface area contributed by atoms with Crippen LogP contribution in [0.25, 0.3) is 0 Å². The minimum atomic E-state index is -0.477. The Kier molecular flexibility index (Phi) is 5.56. The Morgan fingerprint density at radius 3 is 2.81 bits per heavy atom. The molecular formula is C12H22ClNO2. The molecule has 4 heteroatoms. The largest absolute Gasteiger partial charge is 0.378 e. The summed E-state index contributed by atoms with van der Waals surface area (Å²) in [5.41, 5.74) is -0.477.